The molecular weight excluding hydrogens is 373 g/mol. The van der Waals surface area contributed by atoms with Gasteiger partial charge >= 0.3 is 5.97 Å². The van der Waals surface area contributed by atoms with Crippen LogP contribution in [-0.4, -0.2) is 12.8 Å². The maximum Gasteiger partial charge on any atom is 0.339 e. The molecule has 3 aromatic carbocycles. The average molecular weight is 389 g/mol. The third kappa shape index (κ3) is 3.82. The van der Waals surface area contributed by atoms with Crippen LogP contribution in [0.4, 0.5) is 4.39 Å². The van der Waals surface area contributed by atoms with Gasteiger partial charge in [-0.3, -0.25) is 0 Å². The van der Waals surface area contributed by atoms with E-state index in [2.05, 4.69) is 6.07 Å². The van der Waals surface area contributed by atoms with Gasteiger partial charge in [-0.25, -0.2) is 9.18 Å². The minimum atomic E-state index is -0.571. The van der Waals surface area contributed by atoms with E-state index < -0.39 is 11.8 Å². The Labute approximate surface area is 166 Å². The Kier molecular flexibility index (Phi) is 5.23. The van der Waals surface area contributed by atoms with Gasteiger partial charge in [0.15, 0.2) is 6.79 Å². The Hall–Kier alpha value is -3.69. The largest absolute Gasteiger partial charge is 0.467 e. The summed E-state index contributed by atoms with van der Waals surface area (Å²) >= 11 is 0. The van der Waals surface area contributed by atoms with Gasteiger partial charge in [0, 0.05) is 16.7 Å². The molecule has 0 bridgehead atoms. The quantitative estimate of drug-likeness (QED) is 0.611. The molecule has 0 aromatic heterocycles. The molecule has 4 rings (SSSR count). The molecule has 0 spiro atoms. The summed E-state index contributed by atoms with van der Waals surface area (Å²) in [7, 11) is 0. The van der Waals surface area contributed by atoms with Crippen LogP contribution in [0.25, 0.3) is 11.1 Å². The number of hydrogen-bond acceptors (Lipinski definition) is 5. The summed E-state index contributed by atoms with van der Waals surface area (Å²) in [5.74, 6) is -0.542. The van der Waals surface area contributed by atoms with Gasteiger partial charge in [-0.15, -0.1) is 0 Å². The Bertz CT molecular complexity index is 1120. The van der Waals surface area contributed by atoms with Crippen molar-refractivity contribution in [3.63, 3.8) is 0 Å². The highest BCUT2D eigenvalue weighted by Gasteiger charge is 2.20. The van der Waals surface area contributed by atoms with Gasteiger partial charge in [-0.2, -0.15) is 5.26 Å². The maximum absolute atomic E-state index is 13.9. The van der Waals surface area contributed by atoms with E-state index in [0.29, 0.717) is 39.1 Å². The lowest BCUT2D eigenvalue weighted by atomic mass is 9.96. The van der Waals surface area contributed by atoms with E-state index >= 15 is 0 Å². The number of rotatable bonds is 4. The molecule has 6 heteroatoms. The van der Waals surface area contributed by atoms with E-state index in [1.165, 1.54) is 12.1 Å². The fourth-order valence-corrected chi connectivity index (χ4v) is 3.30. The van der Waals surface area contributed by atoms with Crippen LogP contribution in [0.1, 0.15) is 27.0 Å². The van der Waals surface area contributed by atoms with Crippen LogP contribution in [0.5, 0.6) is 5.75 Å². The molecule has 1 aliphatic rings. The summed E-state index contributed by atoms with van der Waals surface area (Å²) in [6.45, 7) is 0.155. The Balaban J connectivity index is 1.61. The predicted molar refractivity (Wildman–Crippen MR) is 102 cm³/mol. The molecule has 3 aromatic rings. The zero-order valence-electron chi connectivity index (χ0n) is 15.4. The molecular formula is C23H16FNO4. The number of carbonyl (C=O) groups is 1. The van der Waals surface area contributed by atoms with Crippen LogP contribution in [-0.2, 0) is 22.7 Å². The van der Waals surface area contributed by atoms with Crippen molar-refractivity contribution in [2.24, 2.45) is 0 Å². The van der Waals surface area contributed by atoms with Gasteiger partial charge in [0.05, 0.1) is 23.8 Å². The molecule has 1 aliphatic heterocycles. The number of fused-ring (bicyclic) bond motifs is 1. The summed E-state index contributed by atoms with van der Waals surface area (Å²) < 4.78 is 30.0. The van der Waals surface area contributed by atoms with Crippen LogP contribution >= 0.6 is 0 Å². The summed E-state index contributed by atoms with van der Waals surface area (Å²) in [6, 6.07) is 18.7. The van der Waals surface area contributed by atoms with Crippen molar-refractivity contribution in [2.75, 3.05) is 6.79 Å². The third-order valence-corrected chi connectivity index (χ3v) is 4.60. The number of carbonyl (C=O) groups excluding carboxylic acids is 1. The van der Waals surface area contributed by atoms with Crippen molar-refractivity contribution in [1.29, 1.82) is 5.26 Å². The van der Waals surface area contributed by atoms with Crippen molar-refractivity contribution < 1.29 is 23.4 Å². The number of ether oxygens (including phenoxy) is 3. The molecule has 144 valence electrons. The van der Waals surface area contributed by atoms with Crippen LogP contribution in [0.2, 0.25) is 0 Å². The first-order valence-electron chi connectivity index (χ1n) is 8.95. The van der Waals surface area contributed by atoms with Gasteiger partial charge in [-0.05, 0) is 29.8 Å². The molecule has 0 saturated heterocycles. The zero-order chi connectivity index (χ0) is 20.2. The number of esters is 1. The van der Waals surface area contributed by atoms with Crippen molar-refractivity contribution in [1.82, 2.24) is 0 Å². The number of hydrogen-bond donors (Lipinski definition) is 0. The molecule has 0 fully saturated rings. The first kappa shape index (κ1) is 18.7. The predicted octanol–water partition coefficient (Wildman–Crippen LogP) is 4.59. The van der Waals surface area contributed by atoms with Gasteiger partial charge in [0.25, 0.3) is 0 Å². The van der Waals surface area contributed by atoms with E-state index in [1.54, 1.807) is 48.5 Å². The second-order valence-corrected chi connectivity index (χ2v) is 6.44. The highest BCUT2D eigenvalue weighted by atomic mass is 19.1. The Morgan fingerprint density at radius 1 is 1.10 bits per heavy atom. The van der Waals surface area contributed by atoms with Gasteiger partial charge in [-0.1, -0.05) is 36.4 Å². The molecule has 1 heterocycles. The molecule has 0 saturated carbocycles. The fraction of sp³-hybridized carbons (Fsp3) is 0.130. The van der Waals surface area contributed by atoms with Gasteiger partial charge in [0.1, 0.15) is 18.2 Å². The first-order chi connectivity index (χ1) is 14.2. The minimum Gasteiger partial charge on any atom is -0.467 e. The standard InChI is InChI=1S/C23H16FNO4/c24-18-9-16-12-27-14-29-22(16)17(10-18)13-28-23(26)21-8-4-3-7-20(21)19-6-2-1-5-15(19)11-25/h1-10H,12-14H2. The van der Waals surface area contributed by atoms with E-state index in [-0.39, 0.29) is 20.0 Å². The van der Waals surface area contributed by atoms with Crippen molar-refractivity contribution in [3.8, 4) is 22.9 Å². The molecule has 29 heavy (non-hydrogen) atoms. The summed E-state index contributed by atoms with van der Waals surface area (Å²) in [4.78, 5) is 12.8. The van der Waals surface area contributed by atoms with Crippen LogP contribution in [0.3, 0.4) is 0 Å². The molecule has 5 nitrogen and oxygen atoms in total. The van der Waals surface area contributed by atoms with E-state index in [1.807, 2.05) is 0 Å². The van der Waals surface area contributed by atoms with Crippen molar-refractivity contribution in [2.45, 2.75) is 13.2 Å². The minimum absolute atomic E-state index is 0.0629. The summed E-state index contributed by atoms with van der Waals surface area (Å²) in [6.07, 6.45) is 0. The zero-order valence-corrected chi connectivity index (χ0v) is 15.4. The van der Waals surface area contributed by atoms with Gasteiger partial charge in [0.2, 0.25) is 0 Å². The fourth-order valence-electron chi connectivity index (χ4n) is 3.30. The molecule has 0 amide bonds. The van der Waals surface area contributed by atoms with E-state index in [0.717, 1.165) is 0 Å². The first-order valence-corrected chi connectivity index (χ1v) is 8.95. The maximum atomic E-state index is 13.9. The van der Waals surface area contributed by atoms with E-state index in [4.69, 9.17) is 14.2 Å². The molecule has 0 atom stereocenters. The lowest BCUT2D eigenvalue weighted by Crippen LogP contribution is -2.15. The SMILES string of the molecule is N#Cc1ccccc1-c1ccccc1C(=O)OCc1cc(F)cc2c1OCOC2. The van der Waals surface area contributed by atoms with Crippen molar-refractivity contribution >= 4 is 5.97 Å². The summed E-state index contributed by atoms with van der Waals surface area (Å²) in [5, 5.41) is 9.37. The smallest absolute Gasteiger partial charge is 0.339 e. The van der Waals surface area contributed by atoms with Crippen LogP contribution in [0.15, 0.2) is 60.7 Å². The Morgan fingerprint density at radius 3 is 2.69 bits per heavy atom. The molecule has 0 unspecified atom stereocenters. The number of nitrogens with zero attached hydrogens (tertiary/aromatic N) is 1. The van der Waals surface area contributed by atoms with Gasteiger partial charge < -0.3 is 14.2 Å². The number of benzene rings is 3. The van der Waals surface area contributed by atoms with Crippen molar-refractivity contribution in [3.05, 3.63) is 88.7 Å². The van der Waals surface area contributed by atoms with Crippen LogP contribution < -0.4 is 4.74 Å². The number of halogens is 1. The highest BCUT2D eigenvalue weighted by molar-refractivity contribution is 5.98. The highest BCUT2D eigenvalue weighted by Crippen LogP contribution is 2.31. The lowest BCUT2D eigenvalue weighted by molar-refractivity contribution is -0.0182. The normalized spacial score (nSPS) is 12.4. The second-order valence-electron chi connectivity index (χ2n) is 6.44. The molecule has 0 radical (unpaired) electrons. The molecule has 0 N–H and O–H groups in total. The second kappa shape index (κ2) is 8.13. The third-order valence-electron chi connectivity index (χ3n) is 4.60. The number of nitriles is 1. The average Bonchev–Trinajstić information content (AvgIpc) is 2.77. The lowest BCUT2D eigenvalue weighted by Gasteiger charge is -2.20. The summed E-state index contributed by atoms with van der Waals surface area (Å²) in [5.41, 5.74) is 3.04. The van der Waals surface area contributed by atoms with Crippen LogP contribution in [0, 0.1) is 17.1 Å². The monoisotopic (exact) mass is 389 g/mol. The Morgan fingerprint density at radius 2 is 1.86 bits per heavy atom. The molecule has 0 aliphatic carbocycles. The van der Waals surface area contributed by atoms with E-state index in [9.17, 15) is 14.4 Å². The topological polar surface area (TPSA) is 68.6 Å².